The first-order valence-corrected chi connectivity index (χ1v) is 16.8. The standard InChI is InChI=1S/C32H58NOP/c1-7-9-11-13-15-20-24-35(25-21-16-14-12-10-8-2)31(30-22-18-17-19-23-30)32(34)33(26-28(3)4)27-29(5)6/h17-19,22-23,28-29,31H,7-16,20-21,24-27H2,1-6H3. The van der Waals surface area contributed by atoms with E-state index >= 15 is 0 Å². The molecule has 1 atom stereocenters. The summed E-state index contributed by atoms with van der Waals surface area (Å²) in [6.45, 7) is 15.3. The van der Waals surface area contributed by atoms with E-state index in [9.17, 15) is 4.79 Å². The summed E-state index contributed by atoms with van der Waals surface area (Å²) in [5.74, 6) is 1.40. The lowest BCUT2D eigenvalue weighted by atomic mass is 10.1. The van der Waals surface area contributed by atoms with Crippen LogP contribution in [-0.2, 0) is 4.79 Å². The number of benzene rings is 1. The molecule has 1 aromatic carbocycles. The van der Waals surface area contributed by atoms with Crippen LogP contribution in [0.15, 0.2) is 30.3 Å². The highest BCUT2D eigenvalue weighted by atomic mass is 31.1. The number of nitrogens with zero attached hydrogens (tertiary/aromatic N) is 1. The monoisotopic (exact) mass is 503 g/mol. The maximum absolute atomic E-state index is 14.2. The zero-order valence-corrected chi connectivity index (χ0v) is 25.1. The number of amides is 1. The molecule has 0 fully saturated rings. The second-order valence-corrected chi connectivity index (χ2v) is 14.0. The van der Waals surface area contributed by atoms with Crippen molar-refractivity contribution in [2.24, 2.45) is 11.8 Å². The van der Waals surface area contributed by atoms with Gasteiger partial charge in [-0.05, 0) is 42.6 Å². The molecule has 1 aromatic rings. The Hall–Kier alpha value is -0.880. The molecule has 202 valence electrons. The molecule has 0 aliphatic rings. The molecule has 1 unspecified atom stereocenters. The van der Waals surface area contributed by atoms with E-state index in [-0.39, 0.29) is 13.6 Å². The molecule has 0 heterocycles. The van der Waals surface area contributed by atoms with Gasteiger partial charge in [0, 0.05) is 13.1 Å². The van der Waals surface area contributed by atoms with Crippen LogP contribution in [0.25, 0.3) is 0 Å². The van der Waals surface area contributed by atoms with E-state index in [2.05, 4.69) is 76.8 Å². The van der Waals surface area contributed by atoms with Crippen molar-refractivity contribution in [2.75, 3.05) is 25.4 Å². The first-order chi connectivity index (χ1) is 16.9. The molecule has 0 saturated heterocycles. The van der Waals surface area contributed by atoms with Gasteiger partial charge in [0.05, 0.1) is 5.66 Å². The van der Waals surface area contributed by atoms with Gasteiger partial charge in [0.1, 0.15) is 0 Å². The molecule has 0 spiro atoms. The predicted molar refractivity (Wildman–Crippen MR) is 159 cm³/mol. The molecule has 0 bridgehead atoms. The molecule has 0 radical (unpaired) electrons. The fraction of sp³-hybridized carbons (Fsp3) is 0.781. The van der Waals surface area contributed by atoms with Crippen LogP contribution in [0, 0.1) is 11.8 Å². The second-order valence-electron chi connectivity index (χ2n) is 11.4. The summed E-state index contributed by atoms with van der Waals surface area (Å²) < 4.78 is 0. The van der Waals surface area contributed by atoms with Gasteiger partial charge in [-0.2, -0.15) is 0 Å². The third-order valence-corrected chi connectivity index (χ3v) is 9.83. The first-order valence-electron chi connectivity index (χ1n) is 15.0. The molecule has 2 nitrogen and oxygen atoms in total. The number of carbonyl (C=O) groups excluding carboxylic acids is 1. The third kappa shape index (κ3) is 14.4. The van der Waals surface area contributed by atoms with Crippen molar-refractivity contribution in [1.82, 2.24) is 4.90 Å². The Morgan fingerprint density at radius 1 is 0.686 bits per heavy atom. The van der Waals surface area contributed by atoms with Crippen LogP contribution in [0.2, 0.25) is 0 Å². The molecule has 3 heteroatoms. The van der Waals surface area contributed by atoms with E-state index in [1.807, 2.05) is 0 Å². The zero-order valence-electron chi connectivity index (χ0n) is 24.2. The summed E-state index contributed by atoms with van der Waals surface area (Å²) in [6.07, 6.45) is 18.5. The minimum Gasteiger partial charge on any atom is -0.341 e. The van der Waals surface area contributed by atoms with Gasteiger partial charge in [0.25, 0.3) is 0 Å². The molecule has 0 N–H and O–H groups in total. The van der Waals surface area contributed by atoms with Gasteiger partial charge in [-0.3, -0.25) is 4.79 Å². The molecule has 0 aliphatic heterocycles. The van der Waals surface area contributed by atoms with E-state index in [0.29, 0.717) is 17.7 Å². The van der Waals surface area contributed by atoms with Crippen molar-refractivity contribution in [3.8, 4) is 0 Å². The van der Waals surface area contributed by atoms with Crippen molar-refractivity contribution in [2.45, 2.75) is 124 Å². The summed E-state index contributed by atoms with van der Waals surface area (Å²) in [5, 5.41) is 0. The van der Waals surface area contributed by atoms with Gasteiger partial charge in [-0.15, -0.1) is 0 Å². The average Bonchev–Trinajstić information content (AvgIpc) is 2.82. The van der Waals surface area contributed by atoms with E-state index < -0.39 is 0 Å². The van der Waals surface area contributed by atoms with Gasteiger partial charge < -0.3 is 4.90 Å². The fourth-order valence-corrected chi connectivity index (χ4v) is 8.08. The van der Waals surface area contributed by atoms with Crippen LogP contribution in [0.3, 0.4) is 0 Å². The van der Waals surface area contributed by atoms with E-state index in [1.54, 1.807) is 0 Å². The highest BCUT2D eigenvalue weighted by molar-refractivity contribution is 7.59. The minimum absolute atomic E-state index is 0.0648. The van der Waals surface area contributed by atoms with Gasteiger partial charge in [0.15, 0.2) is 0 Å². The fourth-order valence-electron chi connectivity index (χ4n) is 5.01. The largest absolute Gasteiger partial charge is 0.341 e. The zero-order chi connectivity index (χ0) is 25.9. The second kappa shape index (κ2) is 20.2. The Kier molecular flexibility index (Phi) is 18.6. The Bertz CT molecular complexity index is 604. The third-order valence-electron chi connectivity index (χ3n) is 6.79. The Morgan fingerprint density at radius 3 is 1.54 bits per heavy atom. The molecule has 0 saturated carbocycles. The first kappa shape index (κ1) is 32.1. The van der Waals surface area contributed by atoms with Crippen molar-refractivity contribution >= 4 is 13.8 Å². The van der Waals surface area contributed by atoms with Crippen molar-refractivity contribution in [3.05, 3.63) is 35.9 Å². The number of carbonyl (C=O) groups is 1. The number of hydrogen-bond donors (Lipinski definition) is 0. The summed E-state index contributed by atoms with van der Waals surface area (Å²) in [5.41, 5.74) is 1.33. The molecule has 1 rings (SSSR count). The van der Waals surface area contributed by atoms with Gasteiger partial charge >= 0.3 is 0 Å². The maximum Gasteiger partial charge on any atom is 0.234 e. The Morgan fingerprint density at radius 2 is 1.11 bits per heavy atom. The lowest BCUT2D eigenvalue weighted by Gasteiger charge is -2.35. The molecule has 0 aliphatic carbocycles. The van der Waals surface area contributed by atoms with Crippen LogP contribution in [-0.4, -0.2) is 36.2 Å². The van der Waals surface area contributed by atoms with Gasteiger partial charge in [0.2, 0.25) is 5.91 Å². The number of rotatable bonds is 21. The number of hydrogen-bond acceptors (Lipinski definition) is 1. The maximum atomic E-state index is 14.2. The van der Waals surface area contributed by atoms with Crippen LogP contribution in [0.5, 0.6) is 0 Å². The summed E-state index contributed by atoms with van der Waals surface area (Å²) in [4.78, 5) is 16.5. The quantitative estimate of drug-likeness (QED) is 0.121. The van der Waals surface area contributed by atoms with E-state index in [0.717, 1.165) is 13.1 Å². The van der Waals surface area contributed by atoms with Crippen LogP contribution >= 0.6 is 7.92 Å². The normalized spacial score (nSPS) is 12.6. The molecule has 1 amide bonds. The van der Waals surface area contributed by atoms with Crippen molar-refractivity contribution < 1.29 is 4.79 Å². The highest BCUT2D eigenvalue weighted by Gasteiger charge is 2.32. The minimum atomic E-state index is -0.362. The highest BCUT2D eigenvalue weighted by Crippen LogP contribution is 2.53. The van der Waals surface area contributed by atoms with Crippen LogP contribution < -0.4 is 0 Å². The lowest BCUT2D eigenvalue weighted by molar-refractivity contribution is -0.132. The lowest BCUT2D eigenvalue weighted by Crippen LogP contribution is -2.40. The van der Waals surface area contributed by atoms with Crippen LogP contribution in [0.1, 0.15) is 130 Å². The van der Waals surface area contributed by atoms with E-state index in [1.165, 1.54) is 94.9 Å². The summed E-state index contributed by atoms with van der Waals surface area (Å²) in [7, 11) is -0.362. The van der Waals surface area contributed by atoms with Gasteiger partial charge in [-0.1, -0.05) is 144 Å². The summed E-state index contributed by atoms with van der Waals surface area (Å²) in [6, 6.07) is 10.8. The molecule has 35 heavy (non-hydrogen) atoms. The Labute approximate surface area is 220 Å². The topological polar surface area (TPSA) is 20.3 Å². The molecular weight excluding hydrogens is 445 g/mol. The predicted octanol–water partition coefficient (Wildman–Crippen LogP) is 10.1. The van der Waals surface area contributed by atoms with Crippen molar-refractivity contribution in [1.29, 1.82) is 0 Å². The SMILES string of the molecule is CCCCCCCCP(CCCCCCCC)C(C(=O)N(CC(C)C)CC(C)C)c1ccccc1. The van der Waals surface area contributed by atoms with Crippen LogP contribution in [0.4, 0.5) is 0 Å². The molecule has 0 aromatic heterocycles. The smallest absolute Gasteiger partial charge is 0.234 e. The summed E-state index contributed by atoms with van der Waals surface area (Å²) >= 11 is 0. The number of unbranched alkanes of at least 4 members (excludes halogenated alkanes) is 10. The molecular formula is C32H58NOP. The van der Waals surface area contributed by atoms with E-state index in [4.69, 9.17) is 0 Å². The Balaban J connectivity index is 3.06. The van der Waals surface area contributed by atoms with Gasteiger partial charge in [-0.25, -0.2) is 0 Å². The van der Waals surface area contributed by atoms with Crippen molar-refractivity contribution in [3.63, 3.8) is 0 Å². The average molecular weight is 504 g/mol.